The van der Waals surface area contributed by atoms with Gasteiger partial charge in [0.2, 0.25) is 0 Å². The van der Waals surface area contributed by atoms with Crippen LogP contribution < -0.4 is 5.32 Å². The van der Waals surface area contributed by atoms with Gasteiger partial charge in [0, 0.05) is 15.5 Å². The SMILES string of the molecule is O=C(Nc1ccc(Cl)nn1)c1csc2ccccc12. The second-order valence-corrected chi connectivity index (χ2v) is 5.14. The van der Waals surface area contributed by atoms with Crippen LogP contribution in [0.2, 0.25) is 5.15 Å². The molecule has 0 fully saturated rings. The minimum absolute atomic E-state index is 0.200. The molecule has 2 heterocycles. The Morgan fingerprint density at radius 2 is 2.00 bits per heavy atom. The van der Waals surface area contributed by atoms with E-state index < -0.39 is 0 Å². The van der Waals surface area contributed by atoms with E-state index in [0.29, 0.717) is 16.5 Å². The Kier molecular flexibility index (Phi) is 3.15. The Labute approximate surface area is 118 Å². The highest BCUT2D eigenvalue weighted by Gasteiger charge is 2.12. The number of nitrogens with one attached hydrogen (secondary N) is 1. The maximum Gasteiger partial charge on any atom is 0.258 e. The lowest BCUT2D eigenvalue weighted by molar-refractivity contribution is 0.102. The Hall–Kier alpha value is -1.98. The zero-order valence-electron chi connectivity index (χ0n) is 9.63. The van der Waals surface area contributed by atoms with E-state index >= 15 is 0 Å². The third kappa shape index (κ3) is 2.43. The van der Waals surface area contributed by atoms with Gasteiger partial charge < -0.3 is 5.32 Å². The largest absolute Gasteiger partial charge is 0.305 e. The number of rotatable bonds is 2. The summed E-state index contributed by atoms with van der Waals surface area (Å²) in [6.07, 6.45) is 0. The number of aromatic nitrogens is 2. The van der Waals surface area contributed by atoms with Gasteiger partial charge in [-0.25, -0.2) is 0 Å². The van der Waals surface area contributed by atoms with Crippen molar-refractivity contribution in [1.29, 1.82) is 0 Å². The third-order valence-corrected chi connectivity index (χ3v) is 3.76. The molecule has 0 saturated carbocycles. The lowest BCUT2D eigenvalue weighted by Crippen LogP contribution is -2.12. The summed E-state index contributed by atoms with van der Waals surface area (Å²) >= 11 is 7.18. The highest BCUT2D eigenvalue weighted by atomic mass is 35.5. The fourth-order valence-electron chi connectivity index (χ4n) is 1.72. The number of carbonyl (C=O) groups is 1. The van der Waals surface area contributed by atoms with Gasteiger partial charge in [-0.3, -0.25) is 4.79 Å². The van der Waals surface area contributed by atoms with Crippen LogP contribution in [-0.2, 0) is 0 Å². The Bertz CT molecular complexity index is 739. The van der Waals surface area contributed by atoms with E-state index in [9.17, 15) is 4.79 Å². The van der Waals surface area contributed by atoms with Gasteiger partial charge in [-0.05, 0) is 18.2 Å². The van der Waals surface area contributed by atoms with Crippen molar-refractivity contribution in [3.8, 4) is 0 Å². The molecule has 3 aromatic rings. The van der Waals surface area contributed by atoms with E-state index in [4.69, 9.17) is 11.6 Å². The second-order valence-electron chi connectivity index (χ2n) is 3.84. The van der Waals surface area contributed by atoms with Gasteiger partial charge in [-0.1, -0.05) is 29.8 Å². The van der Waals surface area contributed by atoms with Crippen LogP contribution >= 0.6 is 22.9 Å². The first-order chi connectivity index (χ1) is 9.24. The molecule has 0 spiro atoms. The number of nitrogens with zero attached hydrogens (tertiary/aromatic N) is 2. The monoisotopic (exact) mass is 289 g/mol. The van der Waals surface area contributed by atoms with Gasteiger partial charge in [0.1, 0.15) is 0 Å². The Balaban J connectivity index is 1.90. The first-order valence-corrected chi connectivity index (χ1v) is 6.76. The Morgan fingerprint density at radius 3 is 2.79 bits per heavy atom. The van der Waals surface area contributed by atoms with Crippen molar-refractivity contribution in [2.24, 2.45) is 0 Å². The number of fused-ring (bicyclic) bond motifs is 1. The third-order valence-electron chi connectivity index (χ3n) is 2.60. The topological polar surface area (TPSA) is 54.9 Å². The maximum absolute atomic E-state index is 12.2. The summed E-state index contributed by atoms with van der Waals surface area (Å²) in [4.78, 5) is 12.2. The number of thiophene rings is 1. The van der Waals surface area contributed by atoms with Crippen LogP contribution in [0.5, 0.6) is 0 Å². The molecular formula is C13H8ClN3OS. The van der Waals surface area contributed by atoms with Gasteiger partial charge in [0.05, 0.1) is 5.56 Å². The molecule has 1 amide bonds. The molecule has 0 atom stereocenters. The molecule has 94 valence electrons. The van der Waals surface area contributed by atoms with Crippen molar-refractivity contribution in [3.05, 3.63) is 52.5 Å². The lowest BCUT2D eigenvalue weighted by Gasteiger charge is -2.02. The van der Waals surface area contributed by atoms with Gasteiger partial charge >= 0.3 is 0 Å². The molecule has 4 nitrogen and oxygen atoms in total. The molecule has 0 aliphatic rings. The summed E-state index contributed by atoms with van der Waals surface area (Å²) in [5.41, 5.74) is 0.636. The van der Waals surface area contributed by atoms with E-state index in [1.807, 2.05) is 29.6 Å². The molecule has 2 aromatic heterocycles. The molecule has 0 radical (unpaired) electrons. The van der Waals surface area contributed by atoms with Gasteiger partial charge in [-0.15, -0.1) is 21.5 Å². The van der Waals surface area contributed by atoms with E-state index in [0.717, 1.165) is 10.1 Å². The summed E-state index contributed by atoms with van der Waals surface area (Å²) in [6.45, 7) is 0. The molecule has 1 aromatic carbocycles. The fourth-order valence-corrected chi connectivity index (χ4v) is 2.76. The maximum atomic E-state index is 12.2. The fraction of sp³-hybridized carbons (Fsp3) is 0. The second kappa shape index (κ2) is 4.95. The van der Waals surface area contributed by atoms with Crippen LogP contribution in [0.15, 0.2) is 41.8 Å². The molecular weight excluding hydrogens is 282 g/mol. The van der Waals surface area contributed by atoms with Crippen molar-refractivity contribution in [1.82, 2.24) is 10.2 Å². The van der Waals surface area contributed by atoms with E-state index in [1.54, 1.807) is 12.1 Å². The van der Waals surface area contributed by atoms with E-state index in [1.165, 1.54) is 11.3 Å². The standard InChI is InChI=1S/C13H8ClN3OS/c14-11-5-6-12(17-16-11)15-13(18)9-7-19-10-4-2-1-3-8(9)10/h1-7H,(H,15,17,18). The molecule has 0 saturated heterocycles. The molecule has 0 aliphatic heterocycles. The van der Waals surface area contributed by atoms with Gasteiger partial charge in [0.15, 0.2) is 11.0 Å². The predicted octanol–water partition coefficient (Wildman–Crippen LogP) is 3.60. The molecule has 0 bridgehead atoms. The van der Waals surface area contributed by atoms with Crippen LogP contribution in [0.3, 0.4) is 0 Å². The quantitative estimate of drug-likeness (QED) is 0.784. The Morgan fingerprint density at radius 1 is 1.16 bits per heavy atom. The number of hydrogen-bond acceptors (Lipinski definition) is 4. The van der Waals surface area contributed by atoms with E-state index in [-0.39, 0.29) is 5.91 Å². The lowest BCUT2D eigenvalue weighted by atomic mass is 10.1. The summed E-state index contributed by atoms with van der Waals surface area (Å²) in [7, 11) is 0. The summed E-state index contributed by atoms with van der Waals surface area (Å²) in [5, 5.41) is 13.2. The normalized spacial score (nSPS) is 10.6. The average molecular weight is 290 g/mol. The highest BCUT2D eigenvalue weighted by Crippen LogP contribution is 2.26. The minimum Gasteiger partial charge on any atom is -0.305 e. The number of carbonyl (C=O) groups excluding carboxylic acids is 1. The van der Waals surface area contributed by atoms with Crippen LogP contribution in [0, 0.1) is 0 Å². The zero-order valence-corrected chi connectivity index (χ0v) is 11.2. The number of halogens is 1. The van der Waals surface area contributed by atoms with Crippen molar-refractivity contribution < 1.29 is 4.79 Å². The number of amides is 1. The van der Waals surface area contributed by atoms with Gasteiger partial charge in [-0.2, -0.15) is 0 Å². The van der Waals surface area contributed by atoms with Crippen molar-refractivity contribution >= 4 is 44.7 Å². The predicted molar refractivity (Wildman–Crippen MR) is 76.8 cm³/mol. The van der Waals surface area contributed by atoms with E-state index in [2.05, 4.69) is 15.5 Å². The number of benzene rings is 1. The zero-order chi connectivity index (χ0) is 13.2. The molecule has 6 heteroatoms. The van der Waals surface area contributed by atoms with Crippen LogP contribution in [-0.4, -0.2) is 16.1 Å². The molecule has 0 unspecified atom stereocenters. The van der Waals surface area contributed by atoms with Crippen LogP contribution in [0.4, 0.5) is 5.82 Å². The molecule has 3 rings (SSSR count). The average Bonchev–Trinajstić information content (AvgIpc) is 2.85. The first kappa shape index (κ1) is 12.1. The number of hydrogen-bond donors (Lipinski definition) is 1. The number of anilines is 1. The molecule has 19 heavy (non-hydrogen) atoms. The van der Waals surface area contributed by atoms with Crippen molar-refractivity contribution in [2.45, 2.75) is 0 Å². The summed E-state index contributed by atoms with van der Waals surface area (Å²) in [5.74, 6) is 0.179. The highest BCUT2D eigenvalue weighted by molar-refractivity contribution is 7.17. The minimum atomic E-state index is -0.200. The van der Waals surface area contributed by atoms with Crippen LogP contribution in [0.1, 0.15) is 10.4 Å². The van der Waals surface area contributed by atoms with Crippen LogP contribution in [0.25, 0.3) is 10.1 Å². The van der Waals surface area contributed by atoms with Crippen molar-refractivity contribution in [3.63, 3.8) is 0 Å². The van der Waals surface area contributed by atoms with Gasteiger partial charge in [0.25, 0.3) is 5.91 Å². The van der Waals surface area contributed by atoms with Crippen molar-refractivity contribution in [2.75, 3.05) is 5.32 Å². The molecule has 0 aliphatic carbocycles. The summed E-state index contributed by atoms with van der Waals surface area (Å²) < 4.78 is 1.08. The molecule has 1 N–H and O–H groups in total. The smallest absolute Gasteiger partial charge is 0.258 e. The first-order valence-electron chi connectivity index (χ1n) is 5.51. The summed E-state index contributed by atoms with van der Waals surface area (Å²) in [6, 6.07) is 11.0.